The molecule has 0 radical (unpaired) electrons. The molecule has 0 aliphatic carbocycles. The third-order valence-corrected chi connectivity index (χ3v) is 8.32. The normalized spacial score (nSPS) is 22.5. The first-order valence-electron chi connectivity index (χ1n) is 10.6. The lowest BCUT2D eigenvalue weighted by Crippen LogP contribution is -2.47. The Bertz CT molecular complexity index is 1290. The van der Waals surface area contributed by atoms with E-state index in [-0.39, 0.29) is 12.4 Å². The first-order valence-corrected chi connectivity index (χ1v) is 11.8. The first kappa shape index (κ1) is 21.7. The van der Waals surface area contributed by atoms with E-state index >= 15 is 0 Å². The van der Waals surface area contributed by atoms with Crippen molar-refractivity contribution in [1.82, 2.24) is 19.9 Å². The SMILES string of the molecule is CN(C)c1nc2ccc(-c3c[nH]c4nc(N5C6CCC5CC(N)C6)cnc34)c(Cl)c2s1.Cl. The Labute approximate surface area is 201 Å². The average Bonchev–Trinajstić information content (AvgIpc) is 3.43. The van der Waals surface area contributed by atoms with Crippen molar-refractivity contribution >= 4 is 67.7 Å². The third-order valence-electron chi connectivity index (χ3n) is 6.56. The van der Waals surface area contributed by atoms with E-state index in [0.29, 0.717) is 23.1 Å². The molecular formula is C22H25Cl2N7S. The highest BCUT2D eigenvalue weighted by Gasteiger charge is 2.40. The van der Waals surface area contributed by atoms with Gasteiger partial charge in [0.25, 0.3) is 0 Å². The van der Waals surface area contributed by atoms with E-state index in [2.05, 4.69) is 14.9 Å². The van der Waals surface area contributed by atoms with Crippen molar-refractivity contribution in [3.8, 4) is 11.1 Å². The molecule has 2 saturated heterocycles. The highest BCUT2D eigenvalue weighted by molar-refractivity contribution is 7.22. The first-order chi connectivity index (χ1) is 15.0. The zero-order chi connectivity index (χ0) is 21.3. The summed E-state index contributed by atoms with van der Waals surface area (Å²) in [6.45, 7) is 0. The summed E-state index contributed by atoms with van der Waals surface area (Å²) < 4.78 is 0.989. The molecule has 0 spiro atoms. The van der Waals surface area contributed by atoms with Crippen LogP contribution >= 0.6 is 35.3 Å². The summed E-state index contributed by atoms with van der Waals surface area (Å²) in [5.41, 5.74) is 10.7. The summed E-state index contributed by atoms with van der Waals surface area (Å²) in [5.74, 6) is 0.944. The monoisotopic (exact) mass is 489 g/mol. The van der Waals surface area contributed by atoms with Gasteiger partial charge in [-0.15, -0.1) is 12.4 Å². The predicted octanol–water partition coefficient (Wildman–Crippen LogP) is 4.83. The van der Waals surface area contributed by atoms with Gasteiger partial charge in [-0.05, 0) is 31.7 Å². The maximum Gasteiger partial charge on any atom is 0.185 e. The predicted molar refractivity (Wildman–Crippen MR) is 136 cm³/mol. The Hall–Kier alpha value is -2.13. The second-order valence-corrected chi connectivity index (χ2v) is 10.2. The number of hydrogen-bond donors (Lipinski definition) is 2. The molecule has 0 saturated carbocycles. The van der Waals surface area contributed by atoms with Crippen LogP contribution in [0.4, 0.5) is 10.9 Å². The molecule has 2 atom stereocenters. The number of aromatic amines is 1. The number of nitrogens with one attached hydrogen (secondary N) is 1. The van der Waals surface area contributed by atoms with Crippen LogP contribution in [0, 0.1) is 0 Å². The van der Waals surface area contributed by atoms with E-state index in [0.717, 1.165) is 56.3 Å². The fraction of sp³-hybridized carbons (Fsp3) is 0.409. The summed E-state index contributed by atoms with van der Waals surface area (Å²) in [6, 6.07) is 5.30. The highest BCUT2D eigenvalue weighted by atomic mass is 35.5. The molecule has 10 heteroatoms. The zero-order valence-corrected chi connectivity index (χ0v) is 20.3. The number of piperidine rings is 1. The number of H-pyrrole nitrogens is 1. The minimum absolute atomic E-state index is 0. The van der Waals surface area contributed by atoms with Crippen molar-refractivity contribution < 1.29 is 0 Å². The molecule has 7 nitrogen and oxygen atoms in total. The van der Waals surface area contributed by atoms with Crippen LogP contribution in [0.15, 0.2) is 24.5 Å². The Balaban J connectivity index is 0.00000216. The molecule has 1 aromatic carbocycles. The maximum atomic E-state index is 6.83. The van der Waals surface area contributed by atoms with Crippen LogP contribution in [-0.2, 0) is 0 Å². The third kappa shape index (κ3) is 3.32. The van der Waals surface area contributed by atoms with Crippen LogP contribution in [0.3, 0.4) is 0 Å². The molecule has 5 heterocycles. The molecule has 2 unspecified atom stereocenters. The lowest BCUT2D eigenvalue weighted by Gasteiger charge is -2.38. The number of nitrogens with zero attached hydrogens (tertiary/aromatic N) is 5. The lowest BCUT2D eigenvalue weighted by atomic mass is 9.98. The molecule has 3 aromatic heterocycles. The van der Waals surface area contributed by atoms with Crippen molar-refractivity contribution in [2.75, 3.05) is 23.9 Å². The van der Waals surface area contributed by atoms with Crippen LogP contribution in [0.2, 0.25) is 5.02 Å². The van der Waals surface area contributed by atoms with Crippen LogP contribution in [0.5, 0.6) is 0 Å². The molecule has 2 fully saturated rings. The number of hydrogen-bond acceptors (Lipinski definition) is 7. The quantitative estimate of drug-likeness (QED) is 0.428. The molecule has 168 valence electrons. The minimum Gasteiger partial charge on any atom is -0.354 e. The number of halogens is 2. The van der Waals surface area contributed by atoms with Crippen molar-refractivity contribution in [2.24, 2.45) is 5.73 Å². The van der Waals surface area contributed by atoms with Crippen molar-refractivity contribution in [3.63, 3.8) is 0 Å². The van der Waals surface area contributed by atoms with Gasteiger partial charge >= 0.3 is 0 Å². The van der Waals surface area contributed by atoms with E-state index in [1.807, 2.05) is 43.5 Å². The fourth-order valence-electron chi connectivity index (χ4n) is 5.16. The molecule has 4 aromatic rings. The topological polar surface area (TPSA) is 87.0 Å². The number of benzene rings is 1. The van der Waals surface area contributed by atoms with Gasteiger partial charge < -0.3 is 20.5 Å². The van der Waals surface area contributed by atoms with Crippen LogP contribution in [0.1, 0.15) is 25.7 Å². The summed E-state index contributed by atoms with van der Waals surface area (Å²) in [4.78, 5) is 22.2. The van der Waals surface area contributed by atoms with Crippen LogP contribution < -0.4 is 15.5 Å². The van der Waals surface area contributed by atoms with Gasteiger partial charge in [-0.2, -0.15) is 0 Å². The van der Waals surface area contributed by atoms with Gasteiger partial charge in [-0.3, -0.25) is 0 Å². The van der Waals surface area contributed by atoms with Gasteiger partial charge in [-0.1, -0.05) is 29.0 Å². The Kier molecular flexibility index (Phi) is 5.44. The highest BCUT2D eigenvalue weighted by Crippen LogP contribution is 2.42. The molecule has 6 rings (SSSR count). The number of nitrogens with two attached hydrogens (primary N) is 1. The number of aromatic nitrogens is 4. The van der Waals surface area contributed by atoms with E-state index in [1.165, 1.54) is 12.8 Å². The van der Waals surface area contributed by atoms with Crippen molar-refractivity contribution in [3.05, 3.63) is 29.5 Å². The van der Waals surface area contributed by atoms with Gasteiger partial charge in [0, 0.05) is 49.5 Å². The smallest absolute Gasteiger partial charge is 0.185 e. The number of thiazole rings is 1. The van der Waals surface area contributed by atoms with E-state index < -0.39 is 0 Å². The lowest BCUT2D eigenvalue weighted by molar-refractivity contribution is 0.412. The number of fused-ring (bicyclic) bond motifs is 4. The van der Waals surface area contributed by atoms with E-state index in [4.69, 9.17) is 27.3 Å². The summed E-state index contributed by atoms with van der Waals surface area (Å²) in [6.07, 6.45) is 8.30. The second-order valence-electron chi connectivity index (χ2n) is 8.82. The molecule has 2 aliphatic heterocycles. The van der Waals surface area contributed by atoms with Gasteiger partial charge in [0.2, 0.25) is 0 Å². The van der Waals surface area contributed by atoms with Crippen molar-refractivity contribution in [2.45, 2.75) is 43.8 Å². The largest absolute Gasteiger partial charge is 0.354 e. The Morgan fingerprint density at radius 3 is 2.62 bits per heavy atom. The number of anilines is 2. The summed E-state index contributed by atoms with van der Waals surface area (Å²) in [7, 11) is 3.98. The van der Waals surface area contributed by atoms with Gasteiger partial charge in [0.05, 0.1) is 21.4 Å². The summed E-state index contributed by atoms with van der Waals surface area (Å²) >= 11 is 8.43. The zero-order valence-electron chi connectivity index (χ0n) is 17.9. The van der Waals surface area contributed by atoms with E-state index in [9.17, 15) is 0 Å². The summed E-state index contributed by atoms with van der Waals surface area (Å²) in [5, 5.41) is 1.64. The maximum absolute atomic E-state index is 6.83. The Morgan fingerprint density at radius 2 is 1.91 bits per heavy atom. The number of rotatable bonds is 3. The van der Waals surface area contributed by atoms with Gasteiger partial charge in [0.15, 0.2) is 10.8 Å². The molecular weight excluding hydrogens is 465 g/mol. The fourth-order valence-corrected chi connectivity index (χ4v) is 6.46. The molecule has 3 N–H and O–H groups in total. The van der Waals surface area contributed by atoms with Crippen molar-refractivity contribution in [1.29, 1.82) is 0 Å². The van der Waals surface area contributed by atoms with Crippen LogP contribution in [-0.4, -0.2) is 52.2 Å². The minimum atomic E-state index is 0. The average molecular weight is 490 g/mol. The molecule has 2 aliphatic rings. The van der Waals surface area contributed by atoms with Crippen LogP contribution in [0.25, 0.3) is 32.5 Å². The van der Waals surface area contributed by atoms with Gasteiger partial charge in [-0.25, -0.2) is 15.0 Å². The second kappa shape index (κ2) is 8.02. The molecule has 2 bridgehead atoms. The Morgan fingerprint density at radius 1 is 1.16 bits per heavy atom. The van der Waals surface area contributed by atoms with E-state index in [1.54, 1.807) is 11.3 Å². The molecule has 32 heavy (non-hydrogen) atoms. The molecule has 0 amide bonds. The van der Waals surface area contributed by atoms with Gasteiger partial charge in [0.1, 0.15) is 11.3 Å². The standard InChI is InChI=1S/C22H24ClN7S.ClH/c1-29(2)22-27-16-6-5-14(18(23)20(16)31-22)15-9-26-21-19(15)25-10-17(28-21)30-12-3-4-13(30)8-11(24)7-12;/h5-6,9-13H,3-4,7-8,24H2,1-2H3,(H,26,28);1H.